The number of rotatable bonds is 3. The van der Waals surface area contributed by atoms with Gasteiger partial charge in [-0.25, -0.2) is 0 Å². The Bertz CT molecular complexity index is 706. The zero-order valence-electron chi connectivity index (χ0n) is 12.9. The lowest BCUT2D eigenvalue weighted by molar-refractivity contribution is -0.313. The maximum atomic E-state index is 12.8. The Kier molecular flexibility index (Phi) is 5.33. The third kappa shape index (κ3) is 4.55. The highest BCUT2D eigenvalue weighted by Crippen LogP contribution is 2.38. The first-order chi connectivity index (χ1) is 11.9. The maximum absolute atomic E-state index is 12.8. The number of aliphatic carboxylic acids is 1. The van der Waals surface area contributed by atoms with Crippen molar-refractivity contribution in [2.45, 2.75) is 25.2 Å². The second kappa shape index (κ2) is 7.00. The summed E-state index contributed by atoms with van der Waals surface area (Å²) in [5.74, 6) is -4.88. The molecule has 0 fully saturated rings. The van der Waals surface area contributed by atoms with E-state index in [0.29, 0.717) is 12.1 Å². The van der Waals surface area contributed by atoms with Crippen LogP contribution < -0.4 is 10.4 Å². The molecule has 0 saturated carbocycles. The summed E-state index contributed by atoms with van der Waals surface area (Å²) in [7, 11) is 0. The Morgan fingerprint density at radius 3 is 1.77 bits per heavy atom. The van der Waals surface area contributed by atoms with E-state index >= 15 is 0 Å². The summed E-state index contributed by atoms with van der Waals surface area (Å²) in [6.45, 7) is 0. The zero-order valence-corrected chi connectivity index (χ0v) is 12.9. The van der Waals surface area contributed by atoms with Gasteiger partial charge < -0.3 is 15.2 Å². The molecule has 0 radical (unpaired) electrons. The number of carboxylic acids is 1. The number of hydrogen-bond acceptors (Lipinski definition) is 3. The molecule has 1 aromatic carbocycles. The van der Waals surface area contributed by atoms with Crippen LogP contribution in [-0.4, -0.2) is 11.9 Å². The third-order valence-electron chi connectivity index (χ3n) is 3.93. The minimum absolute atomic E-state index is 0.0171. The first kappa shape index (κ1) is 19.8. The molecule has 0 saturated heterocycles. The molecule has 4 nitrogen and oxygen atoms in total. The number of carbonyl (C=O) groups is 2. The monoisotopic (exact) mass is 380 g/mol. The molecule has 0 unspecified atom stereocenters. The van der Waals surface area contributed by atoms with Gasteiger partial charge in [0.25, 0.3) is 0 Å². The van der Waals surface area contributed by atoms with Gasteiger partial charge in [-0.2, -0.15) is 26.3 Å². The lowest BCUT2D eigenvalue weighted by Gasteiger charge is -2.28. The molecule has 10 heteroatoms. The van der Waals surface area contributed by atoms with Crippen LogP contribution in [0.25, 0.3) is 0 Å². The molecule has 0 heterocycles. The largest absolute Gasteiger partial charge is 0.550 e. The first-order valence-corrected chi connectivity index (χ1v) is 7.36. The van der Waals surface area contributed by atoms with Gasteiger partial charge in [-0.05, 0) is 31.0 Å². The van der Waals surface area contributed by atoms with E-state index in [-0.39, 0.29) is 18.9 Å². The average molecular weight is 380 g/mol. The van der Waals surface area contributed by atoms with Crippen molar-refractivity contribution in [1.82, 2.24) is 0 Å². The van der Waals surface area contributed by atoms with Gasteiger partial charge in [0, 0.05) is 17.6 Å². The van der Waals surface area contributed by atoms with Crippen molar-refractivity contribution in [2.24, 2.45) is 11.8 Å². The normalized spacial score (nSPS) is 20.7. The quantitative estimate of drug-likeness (QED) is 0.648. The van der Waals surface area contributed by atoms with Crippen LogP contribution in [0.15, 0.2) is 30.4 Å². The van der Waals surface area contributed by atoms with Crippen LogP contribution in [-0.2, 0) is 21.9 Å². The third-order valence-corrected chi connectivity index (χ3v) is 3.93. The summed E-state index contributed by atoms with van der Waals surface area (Å²) >= 11 is 0. The van der Waals surface area contributed by atoms with Crippen molar-refractivity contribution < 1.29 is 41.0 Å². The molecule has 0 aliphatic heterocycles. The molecule has 0 aromatic heterocycles. The Hall–Kier alpha value is -2.52. The lowest BCUT2D eigenvalue weighted by Crippen LogP contribution is -2.41. The summed E-state index contributed by atoms with van der Waals surface area (Å²) < 4.78 is 76.9. The van der Waals surface area contributed by atoms with Gasteiger partial charge in [0.2, 0.25) is 5.91 Å². The smallest absolute Gasteiger partial charge is 0.416 e. The van der Waals surface area contributed by atoms with E-state index in [1.165, 1.54) is 12.2 Å². The minimum Gasteiger partial charge on any atom is -0.550 e. The molecular weight excluding hydrogens is 368 g/mol. The van der Waals surface area contributed by atoms with Crippen LogP contribution in [0.3, 0.4) is 0 Å². The Labute approximate surface area is 143 Å². The fourth-order valence-corrected chi connectivity index (χ4v) is 2.63. The predicted molar refractivity (Wildman–Crippen MR) is 75.4 cm³/mol. The highest BCUT2D eigenvalue weighted by atomic mass is 19.4. The number of allylic oxidation sites excluding steroid dienone is 2. The summed E-state index contributed by atoms with van der Waals surface area (Å²) in [5.41, 5.74) is -3.88. The number of alkyl halides is 6. The number of amides is 1. The van der Waals surface area contributed by atoms with Crippen molar-refractivity contribution in [2.75, 3.05) is 5.32 Å². The molecule has 1 amide bonds. The van der Waals surface area contributed by atoms with Crippen molar-refractivity contribution in [3.05, 3.63) is 41.5 Å². The van der Waals surface area contributed by atoms with Crippen molar-refractivity contribution in [3.8, 4) is 0 Å². The molecular formula is C16H12F6NO3-. The van der Waals surface area contributed by atoms with Crippen LogP contribution >= 0.6 is 0 Å². The van der Waals surface area contributed by atoms with Gasteiger partial charge in [-0.1, -0.05) is 12.2 Å². The first-order valence-electron chi connectivity index (χ1n) is 7.36. The second-order valence-electron chi connectivity index (χ2n) is 5.76. The number of benzene rings is 1. The Balaban J connectivity index is 2.34. The highest BCUT2D eigenvalue weighted by Gasteiger charge is 2.37. The molecule has 1 N–H and O–H groups in total. The van der Waals surface area contributed by atoms with Crippen LogP contribution in [0.2, 0.25) is 0 Å². The Morgan fingerprint density at radius 1 is 0.885 bits per heavy atom. The number of halogens is 6. The standard InChI is InChI=1S/C16H13F6NO3/c17-15(18,19)8-5-9(16(20,21)22)7-10(6-8)23-13(24)11-3-1-2-4-12(11)14(25)26/h1-2,5-7,11-12H,3-4H2,(H,23,24)(H,25,26)/p-1/t11-,12+/m0/s1. The van der Waals surface area contributed by atoms with E-state index < -0.39 is 52.9 Å². The molecule has 26 heavy (non-hydrogen) atoms. The van der Waals surface area contributed by atoms with Crippen molar-refractivity contribution in [1.29, 1.82) is 0 Å². The molecule has 1 aromatic rings. The molecule has 0 spiro atoms. The van der Waals surface area contributed by atoms with E-state index in [9.17, 15) is 41.0 Å². The topological polar surface area (TPSA) is 69.2 Å². The van der Waals surface area contributed by atoms with Crippen LogP contribution in [0.4, 0.5) is 32.0 Å². The fraction of sp³-hybridized carbons (Fsp3) is 0.375. The van der Waals surface area contributed by atoms with Crippen molar-refractivity contribution in [3.63, 3.8) is 0 Å². The van der Waals surface area contributed by atoms with Crippen molar-refractivity contribution >= 4 is 17.6 Å². The zero-order chi connectivity index (χ0) is 19.7. The highest BCUT2D eigenvalue weighted by molar-refractivity contribution is 5.95. The average Bonchev–Trinajstić information content (AvgIpc) is 2.52. The van der Waals surface area contributed by atoms with E-state index in [1.54, 1.807) is 0 Å². The molecule has 2 rings (SSSR count). The van der Waals surface area contributed by atoms with Gasteiger partial charge in [-0.3, -0.25) is 4.79 Å². The molecule has 1 aliphatic carbocycles. The van der Waals surface area contributed by atoms with E-state index in [1.807, 2.05) is 5.32 Å². The number of carboxylic acid groups (broad SMARTS) is 1. The van der Waals surface area contributed by atoms with Crippen LogP contribution in [0.1, 0.15) is 24.0 Å². The molecule has 2 atom stereocenters. The summed E-state index contributed by atoms with van der Waals surface area (Å²) in [6.07, 6.45) is -7.12. The SMILES string of the molecule is O=C(Nc1cc(C(F)(F)F)cc(C(F)(F)F)c1)[C@H]1CC=CC[C@H]1C(=O)[O-]. The van der Waals surface area contributed by atoms with E-state index in [0.717, 1.165) is 0 Å². The van der Waals surface area contributed by atoms with E-state index in [2.05, 4.69) is 0 Å². The second-order valence-corrected chi connectivity index (χ2v) is 5.76. The molecule has 1 aliphatic rings. The summed E-state index contributed by atoms with van der Waals surface area (Å²) in [4.78, 5) is 23.3. The van der Waals surface area contributed by atoms with Gasteiger partial charge in [0.1, 0.15) is 0 Å². The van der Waals surface area contributed by atoms with Crippen LogP contribution in [0, 0.1) is 11.8 Å². The lowest BCUT2D eigenvalue weighted by atomic mass is 9.82. The predicted octanol–water partition coefficient (Wildman–Crippen LogP) is 3.00. The number of carbonyl (C=O) groups excluding carboxylic acids is 2. The Morgan fingerprint density at radius 2 is 1.35 bits per heavy atom. The fourth-order valence-electron chi connectivity index (χ4n) is 2.63. The van der Waals surface area contributed by atoms with Gasteiger partial charge in [0.05, 0.1) is 17.0 Å². The van der Waals surface area contributed by atoms with Gasteiger partial charge in [0.15, 0.2) is 0 Å². The summed E-state index contributed by atoms with van der Waals surface area (Å²) in [6, 6.07) is 0.655. The van der Waals surface area contributed by atoms with Gasteiger partial charge in [-0.15, -0.1) is 0 Å². The van der Waals surface area contributed by atoms with Gasteiger partial charge >= 0.3 is 12.4 Å². The maximum Gasteiger partial charge on any atom is 0.416 e. The number of hydrogen-bond donors (Lipinski definition) is 1. The van der Waals surface area contributed by atoms with E-state index in [4.69, 9.17) is 0 Å². The molecule has 0 bridgehead atoms. The number of nitrogens with one attached hydrogen (secondary N) is 1. The summed E-state index contributed by atoms with van der Waals surface area (Å²) in [5, 5.41) is 13.0. The number of anilines is 1. The minimum atomic E-state index is -5.05. The van der Waals surface area contributed by atoms with Crippen LogP contribution in [0.5, 0.6) is 0 Å². The molecule has 142 valence electrons.